The topological polar surface area (TPSA) is 29.1 Å². The van der Waals surface area contributed by atoms with Gasteiger partial charge in [0.05, 0.1) is 4.88 Å². The van der Waals surface area contributed by atoms with Crippen LogP contribution in [0.4, 0.5) is 0 Å². The van der Waals surface area contributed by atoms with Crippen LogP contribution in [0.15, 0.2) is 12.1 Å². The van der Waals surface area contributed by atoms with Crippen molar-refractivity contribution in [1.29, 1.82) is 0 Å². The molecule has 0 aliphatic heterocycles. The van der Waals surface area contributed by atoms with Crippen LogP contribution in [0.25, 0.3) is 0 Å². The summed E-state index contributed by atoms with van der Waals surface area (Å²) in [5.41, 5.74) is -0.167. The van der Waals surface area contributed by atoms with E-state index < -0.39 is 0 Å². The van der Waals surface area contributed by atoms with E-state index in [4.69, 9.17) is 0 Å². The largest absolute Gasteiger partial charge is 0.347 e. The molecule has 0 fully saturated rings. The summed E-state index contributed by atoms with van der Waals surface area (Å²) in [6, 6.07) is 4.01. The van der Waals surface area contributed by atoms with Gasteiger partial charge in [0.15, 0.2) is 0 Å². The van der Waals surface area contributed by atoms with Crippen molar-refractivity contribution < 1.29 is 4.79 Å². The predicted molar refractivity (Wildman–Crippen MR) is 74.7 cm³/mol. The molecular formula is C14H23NOS. The second-order valence-electron chi connectivity index (χ2n) is 5.90. The van der Waals surface area contributed by atoms with Gasteiger partial charge in [0.2, 0.25) is 0 Å². The molecule has 0 spiro atoms. The Labute approximate surface area is 108 Å². The maximum atomic E-state index is 11.9. The highest BCUT2D eigenvalue weighted by molar-refractivity contribution is 7.14. The summed E-state index contributed by atoms with van der Waals surface area (Å²) in [5.74, 6) is 0.752. The van der Waals surface area contributed by atoms with Gasteiger partial charge in [0.25, 0.3) is 5.91 Å². The first-order valence-corrected chi connectivity index (χ1v) is 7.01. The van der Waals surface area contributed by atoms with Crippen molar-refractivity contribution in [3.63, 3.8) is 0 Å². The molecule has 1 rings (SSSR count). The molecule has 1 N–H and O–H groups in total. The van der Waals surface area contributed by atoms with Gasteiger partial charge in [-0.25, -0.2) is 0 Å². The highest BCUT2D eigenvalue weighted by atomic mass is 32.1. The van der Waals surface area contributed by atoms with Crippen molar-refractivity contribution in [3.05, 3.63) is 21.9 Å². The standard InChI is InChI=1S/C14H23NOS/c1-10(2)6-7-11-8-9-12(17-11)13(16)15-14(3,4)5/h8-10H,6-7H2,1-5H3,(H,15,16). The van der Waals surface area contributed by atoms with Crippen LogP contribution in [0.3, 0.4) is 0 Å². The van der Waals surface area contributed by atoms with Crippen LogP contribution in [-0.4, -0.2) is 11.4 Å². The predicted octanol–water partition coefficient (Wildman–Crippen LogP) is 3.87. The second kappa shape index (κ2) is 5.67. The Morgan fingerprint density at radius 2 is 2.00 bits per heavy atom. The van der Waals surface area contributed by atoms with Crippen LogP contribution in [0, 0.1) is 5.92 Å². The van der Waals surface area contributed by atoms with E-state index in [-0.39, 0.29) is 11.4 Å². The van der Waals surface area contributed by atoms with Gasteiger partial charge in [0.1, 0.15) is 0 Å². The Morgan fingerprint density at radius 1 is 1.35 bits per heavy atom. The minimum atomic E-state index is -0.167. The summed E-state index contributed by atoms with van der Waals surface area (Å²) < 4.78 is 0. The minimum Gasteiger partial charge on any atom is -0.347 e. The number of amides is 1. The highest BCUT2D eigenvalue weighted by Gasteiger charge is 2.16. The van der Waals surface area contributed by atoms with Gasteiger partial charge in [-0.3, -0.25) is 4.79 Å². The summed E-state index contributed by atoms with van der Waals surface area (Å²) in [6.45, 7) is 10.4. The third-order valence-electron chi connectivity index (χ3n) is 2.34. The van der Waals surface area contributed by atoms with Gasteiger partial charge in [-0.1, -0.05) is 13.8 Å². The highest BCUT2D eigenvalue weighted by Crippen LogP contribution is 2.20. The molecule has 3 heteroatoms. The van der Waals surface area contributed by atoms with Crippen molar-refractivity contribution in [3.8, 4) is 0 Å². The van der Waals surface area contributed by atoms with E-state index in [1.807, 2.05) is 26.8 Å². The molecule has 96 valence electrons. The molecule has 0 unspecified atom stereocenters. The number of aryl methyl sites for hydroxylation is 1. The smallest absolute Gasteiger partial charge is 0.261 e. The fraction of sp³-hybridized carbons (Fsp3) is 0.643. The zero-order chi connectivity index (χ0) is 13.1. The fourth-order valence-electron chi connectivity index (χ4n) is 1.47. The molecule has 1 heterocycles. The van der Waals surface area contributed by atoms with E-state index in [1.165, 1.54) is 11.3 Å². The molecule has 1 amide bonds. The van der Waals surface area contributed by atoms with Crippen molar-refractivity contribution in [2.24, 2.45) is 5.92 Å². The van der Waals surface area contributed by atoms with E-state index in [2.05, 4.69) is 25.2 Å². The van der Waals surface area contributed by atoms with Gasteiger partial charge in [-0.15, -0.1) is 11.3 Å². The van der Waals surface area contributed by atoms with Crippen LogP contribution < -0.4 is 5.32 Å². The Balaban J connectivity index is 2.58. The number of carbonyl (C=O) groups excluding carboxylic acids is 1. The summed E-state index contributed by atoms with van der Waals surface area (Å²) in [7, 11) is 0. The minimum absolute atomic E-state index is 0.0401. The summed E-state index contributed by atoms with van der Waals surface area (Å²) >= 11 is 1.61. The van der Waals surface area contributed by atoms with Crippen LogP contribution in [0.2, 0.25) is 0 Å². The van der Waals surface area contributed by atoms with Crippen LogP contribution >= 0.6 is 11.3 Å². The third kappa shape index (κ3) is 5.35. The second-order valence-corrected chi connectivity index (χ2v) is 7.07. The van der Waals surface area contributed by atoms with Crippen LogP contribution in [0.1, 0.15) is 55.6 Å². The van der Waals surface area contributed by atoms with Crippen LogP contribution in [0.5, 0.6) is 0 Å². The molecule has 1 aromatic rings. The zero-order valence-corrected chi connectivity index (χ0v) is 12.3. The fourth-order valence-corrected chi connectivity index (χ4v) is 2.39. The average Bonchev–Trinajstić information content (AvgIpc) is 2.60. The number of carbonyl (C=O) groups is 1. The van der Waals surface area contributed by atoms with Gasteiger partial charge in [-0.05, 0) is 51.7 Å². The molecule has 0 saturated carbocycles. The van der Waals surface area contributed by atoms with Gasteiger partial charge < -0.3 is 5.32 Å². The van der Waals surface area contributed by atoms with E-state index in [9.17, 15) is 4.79 Å². The number of nitrogens with one attached hydrogen (secondary N) is 1. The van der Waals surface area contributed by atoms with E-state index in [0.29, 0.717) is 5.92 Å². The molecule has 0 atom stereocenters. The molecule has 1 aromatic heterocycles. The third-order valence-corrected chi connectivity index (χ3v) is 3.49. The zero-order valence-electron chi connectivity index (χ0n) is 11.5. The summed E-state index contributed by atoms with van der Waals surface area (Å²) in [5, 5.41) is 2.99. The Hall–Kier alpha value is -0.830. The first-order valence-electron chi connectivity index (χ1n) is 6.19. The lowest BCUT2D eigenvalue weighted by molar-refractivity contribution is 0.0924. The maximum Gasteiger partial charge on any atom is 0.261 e. The SMILES string of the molecule is CC(C)CCc1ccc(C(=O)NC(C)(C)C)s1. The molecule has 2 nitrogen and oxygen atoms in total. The maximum absolute atomic E-state index is 11.9. The molecule has 0 radical (unpaired) electrons. The molecule has 0 bridgehead atoms. The van der Waals surface area contributed by atoms with Gasteiger partial charge >= 0.3 is 0 Å². The molecule has 0 aliphatic rings. The normalized spacial score (nSPS) is 11.9. The number of rotatable bonds is 4. The lowest BCUT2D eigenvalue weighted by Gasteiger charge is -2.19. The monoisotopic (exact) mass is 253 g/mol. The molecule has 17 heavy (non-hydrogen) atoms. The Morgan fingerprint density at radius 3 is 2.53 bits per heavy atom. The van der Waals surface area contributed by atoms with E-state index in [0.717, 1.165) is 11.3 Å². The van der Waals surface area contributed by atoms with Gasteiger partial charge in [0, 0.05) is 10.4 Å². The first kappa shape index (κ1) is 14.2. The summed E-state index contributed by atoms with van der Waals surface area (Å²) in [6.07, 6.45) is 2.26. The van der Waals surface area contributed by atoms with E-state index in [1.54, 1.807) is 11.3 Å². The molecule has 0 aromatic carbocycles. The van der Waals surface area contributed by atoms with Crippen molar-refractivity contribution >= 4 is 17.2 Å². The van der Waals surface area contributed by atoms with Crippen molar-refractivity contribution in [2.45, 2.75) is 53.0 Å². The Bertz CT molecular complexity index is 374. The number of hydrogen-bond donors (Lipinski definition) is 1. The quantitative estimate of drug-likeness (QED) is 0.867. The lowest BCUT2D eigenvalue weighted by Crippen LogP contribution is -2.40. The lowest BCUT2D eigenvalue weighted by atomic mass is 10.1. The molecule has 0 aliphatic carbocycles. The van der Waals surface area contributed by atoms with E-state index >= 15 is 0 Å². The Kier molecular flexibility index (Phi) is 4.75. The van der Waals surface area contributed by atoms with Crippen molar-refractivity contribution in [1.82, 2.24) is 5.32 Å². The number of hydrogen-bond acceptors (Lipinski definition) is 2. The van der Waals surface area contributed by atoms with Crippen LogP contribution in [-0.2, 0) is 6.42 Å². The summed E-state index contributed by atoms with van der Waals surface area (Å²) in [4.78, 5) is 14.0. The van der Waals surface area contributed by atoms with Gasteiger partial charge in [-0.2, -0.15) is 0 Å². The average molecular weight is 253 g/mol. The molecule has 0 saturated heterocycles. The number of thiophene rings is 1. The molecular weight excluding hydrogens is 230 g/mol. The first-order chi connectivity index (χ1) is 7.78. The van der Waals surface area contributed by atoms with Crippen molar-refractivity contribution in [2.75, 3.05) is 0 Å².